The number of hydrogen-bond donors (Lipinski definition) is 1. The molecule has 2 N–H and O–H groups in total. The van der Waals surface area contributed by atoms with Gasteiger partial charge in [-0.2, -0.15) is 0 Å². The average molecular weight is 229 g/mol. The molecule has 4 nitrogen and oxygen atoms in total. The first kappa shape index (κ1) is 11.5. The van der Waals surface area contributed by atoms with Crippen LogP contribution in [-0.2, 0) is 0 Å². The zero-order valence-electron chi connectivity index (χ0n) is 9.92. The number of benzene rings is 1. The summed E-state index contributed by atoms with van der Waals surface area (Å²) in [6, 6.07) is 7.38. The second-order valence-corrected chi connectivity index (χ2v) is 3.84. The highest BCUT2D eigenvalue weighted by atomic mass is 16.5. The van der Waals surface area contributed by atoms with E-state index in [9.17, 15) is 0 Å². The summed E-state index contributed by atoms with van der Waals surface area (Å²) in [5.74, 6) is 0.790. The summed E-state index contributed by atoms with van der Waals surface area (Å²) in [7, 11) is 1.64. The van der Waals surface area contributed by atoms with Gasteiger partial charge in [-0.3, -0.25) is 9.97 Å². The molecule has 2 aromatic rings. The Bertz CT molecular complexity index is 496. The predicted molar refractivity (Wildman–Crippen MR) is 65.8 cm³/mol. The summed E-state index contributed by atoms with van der Waals surface area (Å²) in [5.41, 5.74) is 8.73. The van der Waals surface area contributed by atoms with Gasteiger partial charge in [0.2, 0.25) is 0 Å². The number of nitrogens with two attached hydrogens (primary N) is 1. The third kappa shape index (κ3) is 2.60. The first-order valence-corrected chi connectivity index (χ1v) is 5.39. The largest absolute Gasteiger partial charge is 0.497 e. The van der Waals surface area contributed by atoms with Crippen LogP contribution in [0.4, 0.5) is 0 Å². The minimum Gasteiger partial charge on any atom is -0.497 e. The lowest BCUT2D eigenvalue weighted by atomic mass is 10.0. The van der Waals surface area contributed by atoms with Crippen LogP contribution in [0.5, 0.6) is 5.75 Å². The normalized spacial score (nSPS) is 12.2. The van der Waals surface area contributed by atoms with Gasteiger partial charge in [-0.05, 0) is 24.6 Å². The number of rotatable bonds is 3. The van der Waals surface area contributed by atoms with Crippen LogP contribution >= 0.6 is 0 Å². The second kappa shape index (κ2) is 4.93. The van der Waals surface area contributed by atoms with E-state index >= 15 is 0 Å². The first-order chi connectivity index (χ1) is 8.20. The number of methoxy groups -OCH3 is 1. The van der Waals surface area contributed by atoms with Crippen molar-refractivity contribution in [2.45, 2.75) is 13.0 Å². The van der Waals surface area contributed by atoms with E-state index in [0.29, 0.717) is 0 Å². The minimum absolute atomic E-state index is 0.279. The summed E-state index contributed by atoms with van der Waals surface area (Å²) >= 11 is 0. The summed E-state index contributed by atoms with van der Waals surface area (Å²) in [6.45, 7) is 1.90. The fourth-order valence-corrected chi connectivity index (χ4v) is 1.57. The summed E-state index contributed by atoms with van der Waals surface area (Å²) in [5, 5.41) is 0. The van der Waals surface area contributed by atoms with Crippen LogP contribution < -0.4 is 10.5 Å². The Morgan fingerprint density at radius 3 is 2.71 bits per heavy atom. The standard InChI is InChI=1S/C13H15N3O/c1-9-7-16-12(8-15-9)13(14)10-4-3-5-11(6-10)17-2/h3-8,13H,14H2,1-2H3. The molecule has 88 valence electrons. The Kier molecular flexibility index (Phi) is 3.35. The van der Waals surface area contributed by atoms with Gasteiger partial charge in [-0.25, -0.2) is 0 Å². The van der Waals surface area contributed by atoms with Crippen molar-refractivity contribution >= 4 is 0 Å². The minimum atomic E-state index is -0.279. The molecule has 0 aliphatic carbocycles. The summed E-state index contributed by atoms with van der Waals surface area (Å²) in [6.07, 6.45) is 3.43. The van der Waals surface area contributed by atoms with E-state index < -0.39 is 0 Å². The maximum atomic E-state index is 6.13. The van der Waals surface area contributed by atoms with Crippen LogP contribution in [0.15, 0.2) is 36.7 Å². The molecular weight excluding hydrogens is 214 g/mol. The van der Waals surface area contributed by atoms with Crippen LogP contribution in [0, 0.1) is 6.92 Å². The number of aryl methyl sites for hydroxylation is 1. The molecule has 1 unspecified atom stereocenters. The molecule has 4 heteroatoms. The first-order valence-electron chi connectivity index (χ1n) is 5.39. The highest BCUT2D eigenvalue weighted by molar-refractivity contribution is 5.33. The Labute approximate surface area is 100 Å². The Morgan fingerprint density at radius 2 is 2.06 bits per heavy atom. The lowest BCUT2D eigenvalue weighted by molar-refractivity contribution is 0.414. The lowest BCUT2D eigenvalue weighted by Gasteiger charge is -2.12. The van der Waals surface area contributed by atoms with Gasteiger partial charge in [0.15, 0.2) is 0 Å². The molecule has 0 aliphatic heterocycles. The van der Waals surface area contributed by atoms with Crippen molar-refractivity contribution in [1.82, 2.24) is 9.97 Å². The molecule has 1 aromatic carbocycles. The molecule has 0 bridgehead atoms. The number of nitrogens with zero attached hydrogens (tertiary/aromatic N) is 2. The number of hydrogen-bond acceptors (Lipinski definition) is 4. The van der Waals surface area contributed by atoms with Crippen molar-refractivity contribution in [2.24, 2.45) is 5.73 Å². The fourth-order valence-electron chi connectivity index (χ4n) is 1.57. The van der Waals surface area contributed by atoms with Crippen LogP contribution in [0.3, 0.4) is 0 Å². The predicted octanol–water partition coefficient (Wildman–Crippen LogP) is 1.84. The smallest absolute Gasteiger partial charge is 0.119 e. The van der Waals surface area contributed by atoms with Crippen molar-refractivity contribution in [3.8, 4) is 5.75 Å². The van der Waals surface area contributed by atoms with Crippen molar-refractivity contribution in [1.29, 1.82) is 0 Å². The van der Waals surface area contributed by atoms with Crippen molar-refractivity contribution in [3.63, 3.8) is 0 Å². The quantitative estimate of drug-likeness (QED) is 0.872. The van der Waals surface area contributed by atoms with E-state index in [0.717, 1.165) is 22.7 Å². The van der Waals surface area contributed by atoms with E-state index in [4.69, 9.17) is 10.5 Å². The van der Waals surface area contributed by atoms with Crippen molar-refractivity contribution < 1.29 is 4.74 Å². The van der Waals surface area contributed by atoms with Gasteiger partial charge in [0.25, 0.3) is 0 Å². The SMILES string of the molecule is COc1cccc(C(N)c2cnc(C)cn2)c1. The van der Waals surface area contributed by atoms with Crippen LogP contribution in [-0.4, -0.2) is 17.1 Å². The molecular formula is C13H15N3O. The van der Waals surface area contributed by atoms with Gasteiger partial charge < -0.3 is 10.5 Å². The van der Waals surface area contributed by atoms with Gasteiger partial charge in [0.05, 0.1) is 30.7 Å². The number of ether oxygens (including phenoxy) is 1. The Morgan fingerprint density at radius 1 is 1.24 bits per heavy atom. The molecule has 0 saturated carbocycles. The Hall–Kier alpha value is -1.94. The molecule has 17 heavy (non-hydrogen) atoms. The molecule has 2 rings (SSSR count). The van der Waals surface area contributed by atoms with Gasteiger partial charge in [-0.1, -0.05) is 12.1 Å². The fraction of sp³-hybridized carbons (Fsp3) is 0.231. The van der Waals surface area contributed by atoms with Crippen LogP contribution in [0.1, 0.15) is 23.0 Å². The molecule has 1 atom stereocenters. The Balaban J connectivity index is 2.29. The third-order valence-electron chi connectivity index (χ3n) is 2.57. The van der Waals surface area contributed by atoms with E-state index in [1.165, 1.54) is 0 Å². The van der Waals surface area contributed by atoms with Gasteiger partial charge in [0, 0.05) is 6.20 Å². The monoisotopic (exact) mass is 229 g/mol. The van der Waals surface area contributed by atoms with Gasteiger partial charge in [-0.15, -0.1) is 0 Å². The van der Waals surface area contributed by atoms with E-state index in [-0.39, 0.29) is 6.04 Å². The van der Waals surface area contributed by atoms with Gasteiger partial charge >= 0.3 is 0 Å². The molecule has 0 amide bonds. The molecule has 0 saturated heterocycles. The zero-order valence-corrected chi connectivity index (χ0v) is 9.92. The topological polar surface area (TPSA) is 61.0 Å². The molecule has 0 aliphatic rings. The highest BCUT2D eigenvalue weighted by Gasteiger charge is 2.11. The third-order valence-corrected chi connectivity index (χ3v) is 2.57. The summed E-state index contributed by atoms with van der Waals surface area (Å²) in [4.78, 5) is 8.48. The molecule has 1 heterocycles. The average Bonchev–Trinajstić information content (AvgIpc) is 2.39. The number of aromatic nitrogens is 2. The van der Waals surface area contributed by atoms with Crippen molar-refractivity contribution in [2.75, 3.05) is 7.11 Å². The molecule has 1 aromatic heterocycles. The van der Waals surface area contributed by atoms with E-state index in [1.54, 1.807) is 19.5 Å². The van der Waals surface area contributed by atoms with Crippen LogP contribution in [0.2, 0.25) is 0 Å². The zero-order chi connectivity index (χ0) is 12.3. The van der Waals surface area contributed by atoms with Crippen LogP contribution in [0.25, 0.3) is 0 Å². The maximum Gasteiger partial charge on any atom is 0.119 e. The highest BCUT2D eigenvalue weighted by Crippen LogP contribution is 2.21. The summed E-state index contributed by atoms with van der Waals surface area (Å²) < 4.78 is 5.17. The maximum absolute atomic E-state index is 6.13. The van der Waals surface area contributed by atoms with Crippen molar-refractivity contribution in [3.05, 3.63) is 53.6 Å². The van der Waals surface area contributed by atoms with E-state index in [2.05, 4.69) is 9.97 Å². The second-order valence-electron chi connectivity index (χ2n) is 3.84. The molecule has 0 radical (unpaired) electrons. The molecule has 0 fully saturated rings. The molecule has 0 spiro atoms. The van der Waals surface area contributed by atoms with E-state index in [1.807, 2.05) is 31.2 Å². The van der Waals surface area contributed by atoms with Gasteiger partial charge in [0.1, 0.15) is 5.75 Å². The lowest BCUT2D eigenvalue weighted by Crippen LogP contribution is -2.14.